The Labute approximate surface area is 145 Å². The highest BCUT2D eigenvalue weighted by Gasteiger charge is 2.31. The molecule has 0 aliphatic carbocycles. The molecule has 0 aliphatic rings. The summed E-state index contributed by atoms with van der Waals surface area (Å²) in [6, 6.07) is 24.5. The Morgan fingerprint density at radius 3 is 2.29 bits per heavy atom. The molecule has 0 spiro atoms. The van der Waals surface area contributed by atoms with Gasteiger partial charge < -0.3 is 10.8 Å². The fourth-order valence-electron chi connectivity index (χ4n) is 3.36. The lowest BCUT2D eigenvalue weighted by atomic mass is 9.83. The van der Waals surface area contributed by atoms with E-state index in [1.807, 2.05) is 36.4 Å². The second kappa shape index (κ2) is 6.02. The molecule has 3 aromatic carbocycles. The van der Waals surface area contributed by atoms with E-state index in [9.17, 15) is 5.11 Å². The van der Waals surface area contributed by atoms with E-state index in [-0.39, 0.29) is 0 Å². The van der Waals surface area contributed by atoms with Crippen LogP contribution in [-0.2, 0) is 5.60 Å². The maximum absolute atomic E-state index is 11.4. The maximum atomic E-state index is 11.4. The molecule has 3 N–H and O–H groups in total. The fraction of sp³-hybridized carbons (Fsp3) is 0.143. The van der Waals surface area contributed by atoms with Gasteiger partial charge in [-0.05, 0) is 42.3 Å². The summed E-state index contributed by atoms with van der Waals surface area (Å²) in [5.41, 5.74) is 6.53. The summed E-state index contributed by atoms with van der Waals surface area (Å²) in [6.07, 6.45) is 0.491. The van der Waals surface area contributed by atoms with Crippen LogP contribution in [-0.4, -0.2) is 11.7 Å². The SMILES string of the molecule is NCCC(O)(c1ccccc1)c1ccc2sc3ccccc3c2c1. The Balaban J connectivity index is 1.94. The third-order valence-corrected chi connectivity index (χ3v) is 5.76. The van der Waals surface area contributed by atoms with E-state index in [0.717, 1.165) is 11.1 Å². The predicted molar refractivity (Wildman–Crippen MR) is 102 cm³/mol. The van der Waals surface area contributed by atoms with E-state index in [2.05, 4.69) is 36.4 Å². The average molecular weight is 333 g/mol. The van der Waals surface area contributed by atoms with Crippen LogP contribution < -0.4 is 5.73 Å². The Bertz CT molecular complexity index is 993. The highest BCUT2D eigenvalue weighted by molar-refractivity contribution is 7.25. The molecule has 4 aromatic rings. The number of rotatable bonds is 4. The van der Waals surface area contributed by atoms with Gasteiger partial charge in [-0.1, -0.05) is 54.6 Å². The number of fused-ring (bicyclic) bond motifs is 3. The Morgan fingerprint density at radius 1 is 0.792 bits per heavy atom. The zero-order chi connectivity index (χ0) is 16.6. The lowest BCUT2D eigenvalue weighted by Crippen LogP contribution is -2.30. The van der Waals surface area contributed by atoms with E-state index < -0.39 is 5.60 Å². The van der Waals surface area contributed by atoms with Gasteiger partial charge in [0.05, 0.1) is 0 Å². The Kier molecular flexibility index (Phi) is 3.85. The molecule has 0 radical (unpaired) electrons. The summed E-state index contributed by atoms with van der Waals surface area (Å²) < 4.78 is 2.51. The van der Waals surface area contributed by atoms with Crippen molar-refractivity contribution in [2.75, 3.05) is 6.54 Å². The Morgan fingerprint density at radius 2 is 1.50 bits per heavy atom. The first-order chi connectivity index (χ1) is 11.7. The minimum absolute atomic E-state index is 0.424. The monoisotopic (exact) mass is 333 g/mol. The van der Waals surface area contributed by atoms with Crippen LogP contribution in [0.5, 0.6) is 0 Å². The molecule has 0 amide bonds. The highest BCUT2D eigenvalue weighted by Crippen LogP contribution is 2.39. The van der Waals surface area contributed by atoms with Crippen molar-refractivity contribution in [3.05, 3.63) is 83.9 Å². The summed E-state index contributed by atoms with van der Waals surface area (Å²) in [5.74, 6) is 0. The molecule has 1 atom stereocenters. The largest absolute Gasteiger partial charge is 0.380 e. The minimum atomic E-state index is -1.06. The lowest BCUT2D eigenvalue weighted by molar-refractivity contribution is 0.0739. The molecule has 1 aromatic heterocycles. The smallest absolute Gasteiger partial charge is 0.116 e. The minimum Gasteiger partial charge on any atom is -0.380 e. The molecule has 3 heteroatoms. The van der Waals surface area contributed by atoms with Gasteiger partial charge in [-0.25, -0.2) is 0 Å². The second-order valence-electron chi connectivity index (χ2n) is 6.07. The highest BCUT2D eigenvalue weighted by atomic mass is 32.1. The third kappa shape index (κ3) is 2.42. The van der Waals surface area contributed by atoms with Crippen molar-refractivity contribution in [1.82, 2.24) is 0 Å². The van der Waals surface area contributed by atoms with Crippen LogP contribution >= 0.6 is 11.3 Å². The zero-order valence-electron chi connectivity index (χ0n) is 13.3. The van der Waals surface area contributed by atoms with Gasteiger partial charge in [0.15, 0.2) is 0 Å². The van der Waals surface area contributed by atoms with Crippen LogP contribution in [0.15, 0.2) is 72.8 Å². The third-order valence-electron chi connectivity index (χ3n) is 4.61. The summed E-state index contributed by atoms with van der Waals surface area (Å²) in [7, 11) is 0. The first-order valence-corrected chi connectivity index (χ1v) is 8.94. The molecular weight excluding hydrogens is 314 g/mol. The van der Waals surface area contributed by atoms with Crippen molar-refractivity contribution < 1.29 is 5.11 Å². The summed E-state index contributed by atoms with van der Waals surface area (Å²) in [4.78, 5) is 0. The van der Waals surface area contributed by atoms with E-state index in [1.54, 1.807) is 11.3 Å². The molecular formula is C21H19NOS. The number of nitrogens with two attached hydrogens (primary N) is 1. The molecule has 0 saturated carbocycles. The number of aliphatic hydroxyl groups is 1. The molecule has 4 rings (SSSR count). The number of benzene rings is 3. The quantitative estimate of drug-likeness (QED) is 0.571. The Hall–Kier alpha value is -2.20. The second-order valence-corrected chi connectivity index (χ2v) is 7.16. The van der Waals surface area contributed by atoms with Gasteiger partial charge in [-0.15, -0.1) is 11.3 Å². The molecule has 0 aliphatic heterocycles. The topological polar surface area (TPSA) is 46.2 Å². The van der Waals surface area contributed by atoms with Gasteiger partial charge in [0.25, 0.3) is 0 Å². The zero-order valence-corrected chi connectivity index (χ0v) is 14.1. The molecule has 120 valence electrons. The van der Waals surface area contributed by atoms with Gasteiger partial charge in [0.2, 0.25) is 0 Å². The van der Waals surface area contributed by atoms with Crippen LogP contribution in [0.2, 0.25) is 0 Å². The van der Waals surface area contributed by atoms with Crippen LogP contribution in [0.25, 0.3) is 20.2 Å². The summed E-state index contributed by atoms with van der Waals surface area (Å²) in [5, 5.41) is 13.9. The van der Waals surface area contributed by atoms with Crippen molar-refractivity contribution in [2.45, 2.75) is 12.0 Å². The van der Waals surface area contributed by atoms with Crippen LogP contribution in [0.3, 0.4) is 0 Å². The van der Waals surface area contributed by atoms with Crippen LogP contribution in [0.1, 0.15) is 17.5 Å². The van der Waals surface area contributed by atoms with Gasteiger partial charge in [-0.3, -0.25) is 0 Å². The average Bonchev–Trinajstić information content (AvgIpc) is 3.00. The van der Waals surface area contributed by atoms with Gasteiger partial charge in [0, 0.05) is 20.2 Å². The molecule has 24 heavy (non-hydrogen) atoms. The van der Waals surface area contributed by atoms with Crippen molar-refractivity contribution in [2.24, 2.45) is 5.73 Å². The molecule has 0 bridgehead atoms. The van der Waals surface area contributed by atoms with E-state index in [1.165, 1.54) is 20.2 Å². The van der Waals surface area contributed by atoms with Crippen molar-refractivity contribution in [1.29, 1.82) is 0 Å². The summed E-state index contributed by atoms with van der Waals surface area (Å²) >= 11 is 1.78. The molecule has 1 heterocycles. The van der Waals surface area contributed by atoms with Crippen LogP contribution in [0.4, 0.5) is 0 Å². The van der Waals surface area contributed by atoms with Crippen LogP contribution in [0, 0.1) is 0 Å². The molecule has 0 fully saturated rings. The lowest BCUT2D eigenvalue weighted by Gasteiger charge is -2.29. The molecule has 2 nitrogen and oxygen atoms in total. The van der Waals surface area contributed by atoms with Crippen molar-refractivity contribution in [3.63, 3.8) is 0 Å². The van der Waals surface area contributed by atoms with E-state index >= 15 is 0 Å². The number of hydrogen-bond acceptors (Lipinski definition) is 3. The van der Waals surface area contributed by atoms with E-state index in [0.29, 0.717) is 13.0 Å². The molecule has 1 unspecified atom stereocenters. The maximum Gasteiger partial charge on any atom is 0.116 e. The van der Waals surface area contributed by atoms with Gasteiger partial charge >= 0.3 is 0 Å². The van der Waals surface area contributed by atoms with Gasteiger partial charge in [0.1, 0.15) is 5.60 Å². The fourth-order valence-corrected chi connectivity index (χ4v) is 4.45. The standard InChI is InChI=1S/C21H19NOS/c22-13-12-21(23,15-6-2-1-3-7-15)16-10-11-20-18(14-16)17-8-4-5-9-19(17)24-20/h1-11,14,23H,12-13,22H2. The number of thiophene rings is 1. The molecule has 0 saturated heterocycles. The first-order valence-electron chi connectivity index (χ1n) is 8.12. The first kappa shape index (κ1) is 15.3. The summed E-state index contributed by atoms with van der Waals surface area (Å²) in [6.45, 7) is 0.424. The van der Waals surface area contributed by atoms with Crippen molar-refractivity contribution >= 4 is 31.5 Å². The van der Waals surface area contributed by atoms with Gasteiger partial charge in [-0.2, -0.15) is 0 Å². The normalized spacial score (nSPS) is 14.1. The van der Waals surface area contributed by atoms with Crippen molar-refractivity contribution in [3.8, 4) is 0 Å². The van der Waals surface area contributed by atoms with E-state index in [4.69, 9.17) is 5.73 Å². The predicted octanol–water partition coefficient (Wildman–Crippen LogP) is 4.64. The number of hydrogen-bond donors (Lipinski definition) is 2.